The fourth-order valence-electron chi connectivity index (χ4n) is 2.84. The van der Waals surface area contributed by atoms with Gasteiger partial charge in [-0.1, -0.05) is 0 Å². The van der Waals surface area contributed by atoms with Gasteiger partial charge in [0.05, 0.1) is 32.2 Å². The lowest BCUT2D eigenvalue weighted by Crippen LogP contribution is -2.43. The van der Waals surface area contributed by atoms with Crippen LogP contribution in [-0.2, 0) is 14.3 Å². The molecule has 0 unspecified atom stereocenters. The second-order valence-electron chi connectivity index (χ2n) is 6.37. The Morgan fingerprint density at radius 3 is 2.05 bits per heavy atom. The van der Waals surface area contributed by atoms with Gasteiger partial charge in [0.2, 0.25) is 5.91 Å². The number of carbonyl (C=O) groups excluding carboxylic acids is 1. The maximum absolute atomic E-state index is 12.3. The third-order valence-corrected chi connectivity index (χ3v) is 3.81. The van der Waals surface area contributed by atoms with E-state index in [1.54, 1.807) is 14.2 Å². The predicted molar refractivity (Wildman–Crippen MR) is 73.3 cm³/mol. The van der Waals surface area contributed by atoms with E-state index in [1.807, 2.05) is 4.90 Å². The number of hydrogen-bond acceptors (Lipinski definition) is 3. The normalized spacial score (nSPS) is 22.4. The molecule has 1 aliphatic heterocycles. The summed E-state index contributed by atoms with van der Waals surface area (Å²) in [6, 6.07) is 0. The summed E-state index contributed by atoms with van der Waals surface area (Å²) in [5.74, 6) is 1.94. The molecule has 1 fully saturated rings. The monoisotopic (exact) mass is 265 g/mol. The number of amides is 1. The van der Waals surface area contributed by atoms with Crippen molar-refractivity contribution in [2.75, 3.05) is 20.8 Å². The topological polar surface area (TPSA) is 38.8 Å². The number of carbonyl (C=O) groups is 1. The zero-order chi connectivity index (χ0) is 14.3. The van der Waals surface area contributed by atoms with Gasteiger partial charge in [-0.25, -0.2) is 0 Å². The van der Waals surface area contributed by atoms with Gasteiger partial charge in [0.15, 0.2) is 0 Å². The Labute approximate surface area is 115 Å². The molecule has 19 heavy (non-hydrogen) atoms. The van der Waals surface area contributed by atoms with Gasteiger partial charge >= 0.3 is 0 Å². The molecule has 0 radical (unpaired) electrons. The molecule has 0 aromatic heterocycles. The molecule has 2 rings (SSSR count). The molecule has 0 aromatic rings. The summed E-state index contributed by atoms with van der Waals surface area (Å²) in [4.78, 5) is 14.2. The summed E-state index contributed by atoms with van der Waals surface area (Å²) in [5, 5.41) is 0. The zero-order valence-electron chi connectivity index (χ0n) is 12.4. The Morgan fingerprint density at radius 2 is 1.68 bits per heavy atom. The third kappa shape index (κ3) is 2.62. The van der Waals surface area contributed by atoms with Crippen LogP contribution in [0, 0.1) is 5.41 Å². The van der Waals surface area contributed by atoms with Crippen LogP contribution >= 0.6 is 0 Å². The Kier molecular flexibility index (Phi) is 3.37. The van der Waals surface area contributed by atoms with Gasteiger partial charge in [0, 0.05) is 23.9 Å². The van der Waals surface area contributed by atoms with E-state index < -0.39 is 0 Å². The summed E-state index contributed by atoms with van der Waals surface area (Å²) in [5.41, 5.74) is -0.431. The number of methoxy groups -OCH3 is 2. The molecule has 1 saturated heterocycles. The maximum Gasteiger partial charge on any atom is 0.224 e. The lowest BCUT2D eigenvalue weighted by atomic mass is 9.82. The van der Waals surface area contributed by atoms with Crippen molar-refractivity contribution in [2.45, 2.75) is 39.2 Å². The highest BCUT2D eigenvalue weighted by molar-refractivity contribution is 5.81. The average Bonchev–Trinajstić information content (AvgIpc) is 2.64. The first-order valence-corrected chi connectivity index (χ1v) is 6.61. The molecule has 0 bridgehead atoms. The molecule has 0 N–H and O–H groups in total. The Bertz CT molecular complexity index is 423. The van der Waals surface area contributed by atoms with Crippen LogP contribution in [0.4, 0.5) is 0 Å². The van der Waals surface area contributed by atoms with Gasteiger partial charge in [-0.05, 0) is 32.9 Å². The van der Waals surface area contributed by atoms with Crippen molar-refractivity contribution < 1.29 is 14.3 Å². The lowest BCUT2D eigenvalue weighted by Gasteiger charge is -2.34. The summed E-state index contributed by atoms with van der Waals surface area (Å²) < 4.78 is 10.8. The number of nitrogens with zero attached hydrogens (tertiary/aromatic N) is 1. The van der Waals surface area contributed by atoms with Crippen molar-refractivity contribution in [3.05, 3.63) is 23.7 Å². The standard InChI is InChI=1S/C15H23NO3/c1-14(2,3)16-10-15(9-13(16)17)7-11(18-4)6-12(8-15)19-5/h7-8H,6,9-10H2,1-5H3. The minimum absolute atomic E-state index is 0.153. The molecule has 1 aliphatic carbocycles. The Morgan fingerprint density at radius 1 is 1.16 bits per heavy atom. The van der Waals surface area contributed by atoms with E-state index in [0.29, 0.717) is 19.4 Å². The van der Waals surface area contributed by atoms with Gasteiger partial charge in [-0.15, -0.1) is 0 Å². The first-order valence-electron chi connectivity index (χ1n) is 6.61. The predicted octanol–water partition coefficient (Wildman–Crippen LogP) is 2.47. The second kappa shape index (κ2) is 4.58. The molecule has 2 aliphatic rings. The van der Waals surface area contributed by atoms with Crippen LogP contribution in [0.3, 0.4) is 0 Å². The number of ether oxygens (including phenoxy) is 2. The van der Waals surface area contributed by atoms with Crippen LogP contribution in [0.5, 0.6) is 0 Å². The van der Waals surface area contributed by atoms with Crippen LogP contribution in [0.25, 0.3) is 0 Å². The Hall–Kier alpha value is -1.45. The number of rotatable bonds is 2. The maximum atomic E-state index is 12.3. The minimum Gasteiger partial charge on any atom is -0.501 e. The van der Waals surface area contributed by atoms with Gasteiger partial charge in [0.25, 0.3) is 0 Å². The lowest BCUT2D eigenvalue weighted by molar-refractivity contribution is -0.131. The molecule has 4 heteroatoms. The molecule has 106 valence electrons. The van der Waals surface area contributed by atoms with E-state index in [9.17, 15) is 4.79 Å². The first-order chi connectivity index (χ1) is 8.79. The van der Waals surface area contributed by atoms with Crippen molar-refractivity contribution in [1.82, 2.24) is 4.90 Å². The fourth-order valence-corrected chi connectivity index (χ4v) is 2.84. The van der Waals surface area contributed by atoms with Crippen LogP contribution in [0.15, 0.2) is 23.7 Å². The first kappa shape index (κ1) is 14.0. The number of likely N-dealkylation sites (tertiary alicyclic amines) is 1. The van der Waals surface area contributed by atoms with Crippen molar-refractivity contribution in [3.63, 3.8) is 0 Å². The van der Waals surface area contributed by atoms with Gasteiger partial charge in [-0.3, -0.25) is 4.79 Å². The van der Waals surface area contributed by atoms with Crippen molar-refractivity contribution in [1.29, 1.82) is 0 Å². The summed E-state index contributed by atoms with van der Waals surface area (Å²) >= 11 is 0. The minimum atomic E-state index is -0.278. The summed E-state index contributed by atoms with van der Waals surface area (Å²) in [6.45, 7) is 6.88. The highest BCUT2D eigenvalue weighted by Crippen LogP contribution is 2.42. The van der Waals surface area contributed by atoms with Crippen LogP contribution in [-0.4, -0.2) is 37.1 Å². The highest BCUT2D eigenvalue weighted by atomic mass is 16.5. The SMILES string of the molecule is COC1=CC2(C=C(OC)C1)CC(=O)N(C(C)(C)C)C2. The highest BCUT2D eigenvalue weighted by Gasteiger charge is 2.46. The number of hydrogen-bond donors (Lipinski definition) is 0. The van der Waals surface area contributed by atoms with Crippen LogP contribution in [0.2, 0.25) is 0 Å². The van der Waals surface area contributed by atoms with E-state index in [-0.39, 0.29) is 16.9 Å². The van der Waals surface area contributed by atoms with E-state index in [0.717, 1.165) is 11.5 Å². The third-order valence-electron chi connectivity index (χ3n) is 3.81. The van der Waals surface area contributed by atoms with Gasteiger partial charge < -0.3 is 14.4 Å². The van der Waals surface area contributed by atoms with Crippen molar-refractivity contribution in [2.24, 2.45) is 5.41 Å². The second-order valence-corrected chi connectivity index (χ2v) is 6.37. The van der Waals surface area contributed by atoms with E-state index >= 15 is 0 Å². The summed E-state index contributed by atoms with van der Waals surface area (Å²) in [6.07, 6.45) is 5.32. The van der Waals surface area contributed by atoms with Gasteiger partial charge in [-0.2, -0.15) is 0 Å². The Balaban J connectivity index is 2.33. The van der Waals surface area contributed by atoms with Gasteiger partial charge in [0.1, 0.15) is 0 Å². The average molecular weight is 265 g/mol. The fraction of sp³-hybridized carbons (Fsp3) is 0.667. The van der Waals surface area contributed by atoms with Crippen LogP contribution < -0.4 is 0 Å². The molecule has 4 nitrogen and oxygen atoms in total. The molecular weight excluding hydrogens is 242 g/mol. The zero-order valence-corrected chi connectivity index (χ0v) is 12.4. The van der Waals surface area contributed by atoms with E-state index in [2.05, 4.69) is 32.9 Å². The molecule has 1 heterocycles. The van der Waals surface area contributed by atoms with E-state index in [4.69, 9.17) is 9.47 Å². The quantitative estimate of drug-likeness (QED) is 0.770. The summed E-state index contributed by atoms with van der Waals surface area (Å²) in [7, 11) is 3.33. The smallest absolute Gasteiger partial charge is 0.224 e. The molecule has 0 saturated carbocycles. The van der Waals surface area contributed by atoms with E-state index in [1.165, 1.54) is 0 Å². The molecule has 0 atom stereocenters. The van der Waals surface area contributed by atoms with Crippen molar-refractivity contribution in [3.8, 4) is 0 Å². The molecule has 1 amide bonds. The molecule has 1 spiro atoms. The molecular formula is C15H23NO3. The van der Waals surface area contributed by atoms with Crippen molar-refractivity contribution >= 4 is 5.91 Å². The largest absolute Gasteiger partial charge is 0.501 e. The molecule has 0 aromatic carbocycles. The van der Waals surface area contributed by atoms with Crippen LogP contribution in [0.1, 0.15) is 33.6 Å².